The number of anilines is 1. The average molecular weight is 332 g/mol. The third-order valence-electron chi connectivity index (χ3n) is 5.07. The highest BCUT2D eigenvalue weighted by molar-refractivity contribution is 5.77. The summed E-state index contributed by atoms with van der Waals surface area (Å²) < 4.78 is 0. The predicted octanol–water partition coefficient (Wildman–Crippen LogP) is 2.08. The van der Waals surface area contributed by atoms with Crippen LogP contribution in [0.1, 0.15) is 25.0 Å². The molecule has 1 heterocycles. The highest BCUT2D eigenvalue weighted by atomic mass is 15.3. The molecule has 0 aliphatic carbocycles. The van der Waals surface area contributed by atoms with Crippen molar-refractivity contribution in [1.82, 2.24) is 9.80 Å². The molecule has 0 unspecified atom stereocenters. The van der Waals surface area contributed by atoms with Gasteiger partial charge >= 0.3 is 0 Å². The van der Waals surface area contributed by atoms with Crippen molar-refractivity contribution in [3.8, 4) is 0 Å². The van der Waals surface area contributed by atoms with Gasteiger partial charge in [-0.05, 0) is 44.9 Å². The summed E-state index contributed by atoms with van der Waals surface area (Å²) in [5.41, 5.74) is 10.2. The van der Waals surface area contributed by atoms with Crippen molar-refractivity contribution < 1.29 is 0 Å². The van der Waals surface area contributed by atoms with Crippen LogP contribution in [0.15, 0.2) is 23.2 Å². The van der Waals surface area contributed by atoms with Gasteiger partial charge in [-0.15, -0.1) is 0 Å². The highest BCUT2D eigenvalue weighted by Gasteiger charge is 2.18. The van der Waals surface area contributed by atoms with Crippen molar-refractivity contribution in [2.45, 2.75) is 27.7 Å². The minimum absolute atomic E-state index is 0.675. The molecule has 2 rings (SSSR count). The number of nitrogens with zero attached hydrogens (tertiary/aromatic N) is 4. The molecule has 0 radical (unpaired) electrons. The van der Waals surface area contributed by atoms with Crippen LogP contribution in [0, 0.1) is 13.8 Å². The Balaban J connectivity index is 1.81. The van der Waals surface area contributed by atoms with Gasteiger partial charge in [0.15, 0.2) is 5.96 Å². The fourth-order valence-electron chi connectivity index (χ4n) is 3.24. The van der Waals surface area contributed by atoms with Crippen LogP contribution in [0.25, 0.3) is 0 Å². The Labute approximate surface area is 147 Å². The largest absolute Gasteiger partial charge is 0.370 e. The van der Waals surface area contributed by atoms with Gasteiger partial charge in [-0.2, -0.15) is 0 Å². The van der Waals surface area contributed by atoms with Gasteiger partial charge in [0, 0.05) is 51.5 Å². The summed E-state index contributed by atoms with van der Waals surface area (Å²) in [6.07, 6.45) is 0. The molecular weight excluding hydrogens is 298 g/mol. The first-order valence-corrected chi connectivity index (χ1v) is 9.15. The molecule has 0 amide bonds. The molecule has 1 aliphatic heterocycles. The second-order valence-electron chi connectivity index (χ2n) is 6.46. The number of guanidine groups is 1. The Morgan fingerprint density at radius 3 is 2.42 bits per heavy atom. The smallest absolute Gasteiger partial charge is 0.191 e. The lowest BCUT2D eigenvalue weighted by Crippen LogP contribution is -2.47. The third-order valence-corrected chi connectivity index (χ3v) is 5.07. The van der Waals surface area contributed by atoms with Gasteiger partial charge in [0.05, 0.1) is 6.54 Å². The van der Waals surface area contributed by atoms with Gasteiger partial charge in [0.1, 0.15) is 0 Å². The molecule has 1 aromatic rings. The van der Waals surface area contributed by atoms with Crippen LogP contribution in [-0.4, -0.2) is 68.1 Å². The minimum atomic E-state index is 0.675. The second kappa shape index (κ2) is 8.92. The summed E-state index contributed by atoms with van der Waals surface area (Å²) in [5.74, 6) is 0.675. The number of benzene rings is 1. The van der Waals surface area contributed by atoms with E-state index in [0.29, 0.717) is 5.96 Å². The molecule has 0 saturated carbocycles. The third kappa shape index (κ3) is 4.63. The Morgan fingerprint density at radius 2 is 1.79 bits per heavy atom. The van der Waals surface area contributed by atoms with Crippen LogP contribution >= 0.6 is 0 Å². The van der Waals surface area contributed by atoms with Crippen LogP contribution < -0.4 is 10.6 Å². The van der Waals surface area contributed by atoms with Crippen LogP contribution in [0.4, 0.5) is 5.69 Å². The molecule has 24 heavy (non-hydrogen) atoms. The molecule has 134 valence electrons. The molecule has 1 saturated heterocycles. The van der Waals surface area contributed by atoms with E-state index in [9.17, 15) is 0 Å². The van der Waals surface area contributed by atoms with Crippen LogP contribution in [0.3, 0.4) is 0 Å². The van der Waals surface area contributed by atoms with Crippen molar-refractivity contribution in [2.75, 3.05) is 57.3 Å². The second-order valence-corrected chi connectivity index (χ2v) is 6.46. The van der Waals surface area contributed by atoms with E-state index < -0.39 is 0 Å². The van der Waals surface area contributed by atoms with Gasteiger partial charge in [-0.3, -0.25) is 9.89 Å². The number of piperazine rings is 1. The molecular formula is C19H33N5. The minimum Gasteiger partial charge on any atom is -0.370 e. The van der Waals surface area contributed by atoms with Crippen LogP contribution in [0.5, 0.6) is 0 Å². The number of rotatable bonds is 6. The molecule has 5 nitrogen and oxygen atoms in total. The average Bonchev–Trinajstić information content (AvgIpc) is 2.59. The zero-order valence-electron chi connectivity index (χ0n) is 15.8. The van der Waals surface area contributed by atoms with E-state index in [0.717, 1.165) is 52.4 Å². The van der Waals surface area contributed by atoms with Gasteiger partial charge in [-0.25, -0.2) is 0 Å². The van der Waals surface area contributed by atoms with E-state index in [4.69, 9.17) is 5.73 Å². The van der Waals surface area contributed by atoms with E-state index in [1.54, 1.807) is 0 Å². The molecule has 0 atom stereocenters. The zero-order valence-corrected chi connectivity index (χ0v) is 15.8. The van der Waals surface area contributed by atoms with Crippen molar-refractivity contribution in [1.29, 1.82) is 0 Å². The standard InChI is InChI=1S/C19H33N5/c1-5-23(6-2)19(20)21-10-11-22-12-14-24(15-13-22)18-9-7-8-16(3)17(18)4/h7-9H,5-6,10-15H2,1-4H3,(H2,20,21). The summed E-state index contributed by atoms with van der Waals surface area (Å²) in [6.45, 7) is 16.6. The van der Waals surface area contributed by atoms with Gasteiger partial charge in [-0.1, -0.05) is 12.1 Å². The van der Waals surface area contributed by atoms with Crippen molar-refractivity contribution >= 4 is 11.6 Å². The maximum atomic E-state index is 6.03. The number of hydrogen-bond donors (Lipinski definition) is 1. The van der Waals surface area contributed by atoms with Crippen molar-refractivity contribution in [2.24, 2.45) is 10.7 Å². The Bertz CT molecular complexity index is 543. The topological polar surface area (TPSA) is 48.1 Å². The molecule has 5 heteroatoms. The number of hydrogen-bond acceptors (Lipinski definition) is 3. The lowest BCUT2D eigenvalue weighted by molar-refractivity contribution is 0.264. The molecule has 1 aromatic carbocycles. The summed E-state index contributed by atoms with van der Waals surface area (Å²) in [6, 6.07) is 6.59. The molecule has 2 N–H and O–H groups in total. The summed E-state index contributed by atoms with van der Waals surface area (Å²) in [7, 11) is 0. The summed E-state index contributed by atoms with van der Waals surface area (Å²) >= 11 is 0. The number of nitrogens with two attached hydrogens (primary N) is 1. The fourth-order valence-corrected chi connectivity index (χ4v) is 3.24. The van der Waals surface area contributed by atoms with Crippen LogP contribution in [0.2, 0.25) is 0 Å². The molecule has 1 fully saturated rings. The lowest BCUT2D eigenvalue weighted by Gasteiger charge is -2.36. The van der Waals surface area contributed by atoms with Crippen LogP contribution in [-0.2, 0) is 0 Å². The lowest BCUT2D eigenvalue weighted by atomic mass is 10.1. The molecule has 0 bridgehead atoms. The molecule has 0 aromatic heterocycles. The Kier molecular flexibility index (Phi) is 6.91. The van der Waals surface area contributed by atoms with E-state index in [-0.39, 0.29) is 0 Å². The van der Waals surface area contributed by atoms with E-state index in [2.05, 4.69) is 65.6 Å². The molecule has 0 spiro atoms. The normalized spacial score (nSPS) is 16.5. The zero-order chi connectivity index (χ0) is 17.5. The first kappa shape index (κ1) is 18.6. The maximum absolute atomic E-state index is 6.03. The van der Waals surface area contributed by atoms with Crippen molar-refractivity contribution in [3.05, 3.63) is 29.3 Å². The molecule has 1 aliphatic rings. The Morgan fingerprint density at radius 1 is 1.12 bits per heavy atom. The number of aryl methyl sites for hydroxylation is 1. The monoisotopic (exact) mass is 331 g/mol. The quantitative estimate of drug-likeness (QED) is 0.640. The van der Waals surface area contributed by atoms with Crippen molar-refractivity contribution in [3.63, 3.8) is 0 Å². The highest BCUT2D eigenvalue weighted by Crippen LogP contribution is 2.23. The van der Waals surface area contributed by atoms with E-state index in [1.807, 2.05) is 0 Å². The summed E-state index contributed by atoms with van der Waals surface area (Å²) in [4.78, 5) is 11.6. The Hall–Kier alpha value is -1.75. The first-order valence-electron chi connectivity index (χ1n) is 9.15. The SMILES string of the molecule is CCN(CC)C(N)=NCCN1CCN(c2cccc(C)c2C)CC1. The first-order chi connectivity index (χ1) is 11.6. The fraction of sp³-hybridized carbons (Fsp3) is 0.632. The van der Waals surface area contributed by atoms with Gasteiger partial charge in [0.2, 0.25) is 0 Å². The number of aliphatic imine (C=N–C) groups is 1. The summed E-state index contributed by atoms with van der Waals surface area (Å²) in [5, 5.41) is 0. The predicted molar refractivity (Wildman–Crippen MR) is 104 cm³/mol. The van der Waals surface area contributed by atoms with Gasteiger partial charge < -0.3 is 15.5 Å². The van der Waals surface area contributed by atoms with E-state index >= 15 is 0 Å². The maximum Gasteiger partial charge on any atom is 0.191 e. The van der Waals surface area contributed by atoms with Gasteiger partial charge in [0.25, 0.3) is 0 Å². The van der Waals surface area contributed by atoms with E-state index in [1.165, 1.54) is 16.8 Å².